The number of aryl methyl sites for hydroxylation is 1. The van der Waals surface area contributed by atoms with Gasteiger partial charge in [0.1, 0.15) is 5.82 Å². The van der Waals surface area contributed by atoms with Crippen molar-refractivity contribution >= 4 is 5.90 Å². The quantitative estimate of drug-likeness (QED) is 0.842. The second kappa shape index (κ2) is 4.40. The Morgan fingerprint density at radius 3 is 2.53 bits per heavy atom. The predicted octanol–water partition coefficient (Wildman–Crippen LogP) is 3.06. The molecule has 0 saturated carbocycles. The van der Waals surface area contributed by atoms with Crippen LogP contribution in [-0.2, 0) is 16.9 Å². The molecule has 0 aliphatic carbocycles. The number of hydrogen-bond donors (Lipinski definition) is 1. The molecule has 0 bridgehead atoms. The van der Waals surface area contributed by atoms with Gasteiger partial charge in [0.25, 0.3) is 0 Å². The number of alkyl halides is 3. The Kier molecular flexibility index (Phi) is 3.15. The van der Waals surface area contributed by atoms with Crippen LogP contribution in [0.25, 0.3) is 0 Å². The zero-order valence-corrected chi connectivity index (χ0v) is 10.3. The first-order valence-electron chi connectivity index (χ1n) is 5.66. The lowest BCUT2D eigenvalue weighted by atomic mass is 10.0. The third-order valence-electron chi connectivity index (χ3n) is 2.90. The molecule has 0 aromatic heterocycles. The zero-order chi connectivity index (χ0) is 14.3. The maximum Gasteiger partial charge on any atom is 0.470 e. The summed E-state index contributed by atoms with van der Waals surface area (Å²) in [5, 5.41) is 3.11. The molecule has 0 radical (unpaired) electrons. The summed E-state index contributed by atoms with van der Waals surface area (Å²) in [6.45, 7) is 3.14. The summed E-state index contributed by atoms with van der Waals surface area (Å²) < 4.78 is 55.8. The lowest BCUT2D eigenvalue weighted by Gasteiger charge is -2.24. The molecular formula is C12H12F4N2O. The number of benzene rings is 1. The fraction of sp³-hybridized carbons (Fsp3) is 0.417. The molecular weight excluding hydrogens is 264 g/mol. The van der Waals surface area contributed by atoms with Gasteiger partial charge in [-0.25, -0.2) is 4.39 Å². The number of hydrogen-bond acceptors (Lipinski definition) is 3. The van der Waals surface area contributed by atoms with Crippen molar-refractivity contribution in [1.29, 1.82) is 0 Å². The smallest absolute Gasteiger partial charge is 0.441 e. The minimum absolute atomic E-state index is 0.241. The topological polar surface area (TPSA) is 33.6 Å². The number of nitrogens with zero attached hydrogens (tertiary/aromatic N) is 1. The molecule has 1 aromatic carbocycles. The van der Waals surface area contributed by atoms with Crippen LogP contribution in [0.2, 0.25) is 0 Å². The van der Waals surface area contributed by atoms with E-state index in [1.807, 2.05) is 0 Å². The highest BCUT2D eigenvalue weighted by molar-refractivity contribution is 5.83. The third-order valence-corrected chi connectivity index (χ3v) is 2.90. The van der Waals surface area contributed by atoms with Gasteiger partial charge in [0.05, 0.1) is 0 Å². The second-order valence-electron chi connectivity index (χ2n) is 4.32. The normalized spacial score (nSPS) is 22.7. The van der Waals surface area contributed by atoms with Gasteiger partial charge in [0, 0.05) is 12.5 Å². The maximum absolute atomic E-state index is 13.7. The summed E-state index contributed by atoms with van der Waals surface area (Å²) in [7, 11) is 0. The zero-order valence-electron chi connectivity index (χ0n) is 10.3. The van der Waals surface area contributed by atoms with Crippen LogP contribution < -0.4 is 5.43 Å². The minimum atomic E-state index is -4.67. The molecule has 0 amide bonds. The van der Waals surface area contributed by atoms with Gasteiger partial charge in [-0.2, -0.15) is 13.2 Å². The minimum Gasteiger partial charge on any atom is -0.441 e. The van der Waals surface area contributed by atoms with Crippen molar-refractivity contribution in [3.63, 3.8) is 0 Å². The van der Waals surface area contributed by atoms with Crippen molar-refractivity contribution in [3.05, 3.63) is 35.1 Å². The van der Waals surface area contributed by atoms with Crippen LogP contribution in [0.15, 0.2) is 23.3 Å². The van der Waals surface area contributed by atoms with Crippen LogP contribution in [0.5, 0.6) is 0 Å². The Bertz CT molecular complexity index is 527. The van der Waals surface area contributed by atoms with E-state index in [0.29, 0.717) is 12.0 Å². The van der Waals surface area contributed by atoms with E-state index in [4.69, 9.17) is 4.74 Å². The van der Waals surface area contributed by atoms with Gasteiger partial charge < -0.3 is 4.74 Å². The first-order valence-corrected chi connectivity index (χ1v) is 5.66. The predicted molar refractivity (Wildman–Crippen MR) is 60.8 cm³/mol. The van der Waals surface area contributed by atoms with Gasteiger partial charge >= 0.3 is 12.1 Å². The summed E-state index contributed by atoms with van der Waals surface area (Å²) in [5.41, 5.74) is 1.46. The van der Waals surface area contributed by atoms with Crippen LogP contribution in [-0.4, -0.2) is 12.1 Å². The van der Waals surface area contributed by atoms with Crippen LogP contribution in [0.1, 0.15) is 25.0 Å². The van der Waals surface area contributed by atoms with Crippen LogP contribution in [0, 0.1) is 5.82 Å². The molecule has 1 unspecified atom stereocenters. The second-order valence-corrected chi connectivity index (χ2v) is 4.32. The van der Waals surface area contributed by atoms with Crippen molar-refractivity contribution in [3.8, 4) is 0 Å². The molecule has 7 heteroatoms. The fourth-order valence-electron chi connectivity index (χ4n) is 1.77. The van der Waals surface area contributed by atoms with Gasteiger partial charge in [-0.05, 0) is 18.1 Å². The Morgan fingerprint density at radius 2 is 2.05 bits per heavy atom. The number of ether oxygens (including phenoxy) is 1. The van der Waals surface area contributed by atoms with Gasteiger partial charge in [-0.1, -0.05) is 19.1 Å². The molecule has 1 aliphatic heterocycles. The van der Waals surface area contributed by atoms with E-state index >= 15 is 0 Å². The standard InChI is InChI=1S/C12H12F4N2O/c1-3-7-4-5-8(6-9(7)13)11(2)18-17-10(19-11)12(14,15)16/h4-6,18H,3H2,1-2H3. The van der Waals surface area contributed by atoms with E-state index in [1.54, 1.807) is 6.92 Å². The molecule has 1 aliphatic rings. The first kappa shape index (κ1) is 13.6. The summed E-state index contributed by atoms with van der Waals surface area (Å²) in [4.78, 5) is 0. The van der Waals surface area contributed by atoms with E-state index in [2.05, 4.69) is 10.5 Å². The average molecular weight is 276 g/mol. The number of hydrazone groups is 1. The molecule has 0 spiro atoms. The molecule has 0 saturated heterocycles. The van der Waals surface area contributed by atoms with E-state index in [9.17, 15) is 17.6 Å². The Balaban J connectivity index is 2.27. The van der Waals surface area contributed by atoms with Crippen molar-refractivity contribution in [1.82, 2.24) is 5.43 Å². The van der Waals surface area contributed by atoms with E-state index in [-0.39, 0.29) is 5.56 Å². The molecule has 3 nitrogen and oxygen atoms in total. The van der Waals surface area contributed by atoms with E-state index < -0.39 is 23.6 Å². The van der Waals surface area contributed by atoms with Crippen molar-refractivity contribution in [2.24, 2.45) is 5.10 Å². The molecule has 104 valence electrons. The van der Waals surface area contributed by atoms with Gasteiger partial charge in [-0.3, -0.25) is 5.43 Å². The SMILES string of the molecule is CCc1ccc(C2(C)NN=C(C(F)(F)F)O2)cc1F. The molecule has 1 heterocycles. The molecule has 1 atom stereocenters. The van der Waals surface area contributed by atoms with Gasteiger partial charge in [0.2, 0.25) is 5.72 Å². The van der Waals surface area contributed by atoms with Crippen molar-refractivity contribution < 1.29 is 22.3 Å². The third kappa shape index (κ3) is 2.50. The highest BCUT2D eigenvalue weighted by atomic mass is 19.4. The summed E-state index contributed by atoms with van der Waals surface area (Å²) >= 11 is 0. The summed E-state index contributed by atoms with van der Waals surface area (Å²) in [5.74, 6) is -1.85. The van der Waals surface area contributed by atoms with Crippen LogP contribution in [0.3, 0.4) is 0 Å². The monoisotopic (exact) mass is 276 g/mol. The average Bonchev–Trinajstić information content (AvgIpc) is 2.73. The van der Waals surface area contributed by atoms with E-state index in [0.717, 1.165) is 6.07 Å². The molecule has 1 aromatic rings. The van der Waals surface area contributed by atoms with Gasteiger partial charge in [-0.15, -0.1) is 5.10 Å². The van der Waals surface area contributed by atoms with E-state index in [1.165, 1.54) is 19.1 Å². The Morgan fingerprint density at radius 1 is 1.37 bits per heavy atom. The molecule has 0 fully saturated rings. The van der Waals surface area contributed by atoms with Crippen molar-refractivity contribution in [2.45, 2.75) is 32.2 Å². The highest BCUT2D eigenvalue weighted by Gasteiger charge is 2.47. The lowest BCUT2D eigenvalue weighted by molar-refractivity contribution is -0.0888. The largest absolute Gasteiger partial charge is 0.470 e. The maximum atomic E-state index is 13.7. The summed E-state index contributed by atoms with van der Waals surface area (Å²) in [6, 6.07) is 4.19. The Labute approximate surface area is 107 Å². The first-order chi connectivity index (χ1) is 8.76. The molecule has 19 heavy (non-hydrogen) atoms. The van der Waals surface area contributed by atoms with Crippen LogP contribution >= 0.6 is 0 Å². The Hall–Kier alpha value is -1.79. The van der Waals surface area contributed by atoms with Gasteiger partial charge in [0.15, 0.2) is 0 Å². The highest BCUT2D eigenvalue weighted by Crippen LogP contribution is 2.32. The van der Waals surface area contributed by atoms with Crippen molar-refractivity contribution in [2.75, 3.05) is 0 Å². The van der Waals surface area contributed by atoms with Crippen LogP contribution in [0.4, 0.5) is 17.6 Å². The fourth-order valence-corrected chi connectivity index (χ4v) is 1.77. The summed E-state index contributed by atoms with van der Waals surface area (Å²) in [6.07, 6.45) is -4.17. The number of rotatable bonds is 2. The number of nitrogens with one attached hydrogen (secondary N) is 1. The number of halogens is 4. The lowest BCUT2D eigenvalue weighted by Crippen LogP contribution is -2.36. The molecule has 1 N–H and O–H groups in total. The molecule has 2 rings (SSSR count).